The Morgan fingerprint density at radius 3 is 2.58 bits per heavy atom. The molecule has 2 aliphatic heterocycles. The van der Waals surface area contributed by atoms with E-state index in [2.05, 4.69) is 19.1 Å². The van der Waals surface area contributed by atoms with Crippen LogP contribution in [-0.2, 0) is 14.4 Å². The number of benzene rings is 1. The van der Waals surface area contributed by atoms with Crippen LogP contribution in [0.5, 0.6) is 0 Å². The van der Waals surface area contributed by atoms with Gasteiger partial charge >= 0.3 is 0 Å². The lowest BCUT2D eigenvalue weighted by atomic mass is 9.62. The molecule has 8 atom stereocenters. The van der Waals surface area contributed by atoms with Crippen molar-refractivity contribution in [2.24, 2.45) is 41.2 Å². The highest BCUT2D eigenvalue weighted by Crippen LogP contribution is 2.54. The van der Waals surface area contributed by atoms with Crippen LogP contribution in [0.1, 0.15) is 39.0 Å². The second kappa shape index (κ2) is 8.58. The zero-order chi connectivity index (χ0) is 23.3. The number of primary amides is 1. The fourth-order valence-corrected chi connectivity index (χ4v) is 8.28. The zero-order valence-corrected chi connectivity index (χ0v) is 19.7. The Morgan fingerprint density at radius 1 is 1.12 bits per heavy atom. The van der Waals surface area contributed by atoms with Crippen molar-refractivity contribution in [3.05, 3.63) is 42.5 Å². The number of amides is 2. The predicted molar refractivity (Wildman–Crippen MR) is 126 cm³/mol. The van der Waals surface area contributed by atoms with Crippen molar-refractivity contribution >= 4 is 29.4 Å². The number of rotatable bonds is 5. The molecular weight excluding hydrogens is 436 g/mol. The molecule has 0 bridgehead atoms. The molecule has 3 fully saturated rings. The lowest BCUT2D eigenvalue weighted by Gasteiger charge is -2.42. The Hall–Kier alpha value is -2.12. The van der Waals surface area contributed by atoms with E-state index in [-0.39, 0.29) is 36.0 Å². The number of thioether (sulfide) groups is 1. The molecule has 33 heavy (non-hydrogen) atoms. The Morgan fingerprint density at radius 2 is 1.85 bits per heavy atom. The van der Waals surface area contributed by atoms with Crippen LogP contribution in [0, 0.1) is 35.5 Å². The molecule has 0 aromatic heterocycles. The summed E-state index contributed by atoms with van der Waals surface area (Å²) in [7, 11) is 0. The summed E-state index contributed by atoms with van der Waals surface area (Å²) in [6.45, 7) is 2.30. The smallest absolute Gasteiger partial charge is 0.236 e. The highest BCUT2D eigenvalue weighted by molar-refractivity contribution is 8.00. The number of nitrogens with two attached hydrogens (primary N) is 1. The van der Waals surface area contributed by atoms with Gasteiger partial charge < -0.3 is 15.7 Å². The topological polar surface area (TPSA) is 101 Å². The van der Waals surface area contributed by atoms with Crippen molar-refractivity contribution < 1.29 is 19.5 Å². The summed E-state index contributed by atoms with van der Waals surface area (Å²) in [4.78, 5) is 42.4. The number of allylic oxidation sites excluding steroid dienone is 2. The minimum absolute atomic E-state index is 0.0454. The number of fused-ring (bicyclic) bond motifs is 2. The molecule has 3 N–H and O–H groups in total. The van der Waals surface area contributed by atoms with Gasteiger partial charge in [0.15, 0.2) is 11.5 Å². The third-order valence-electron chi connectivity index (χ3n) is 8.39. The van der Waals surface area contributed by atoms with Crippen molar-refractivity contribution in [1.29, 1.82) is 0 Å². The number of aliphatic hydroxyl groups is 1. The lowest BCUT2D eigenvalue weighted by molar-refractivity contribution is -0.149. The largest absolute Gasteiger partial charge is 0.369 e. The molecule has 2 amide bonds. The van der Waals surface area contributed by atoms with Crippen molar-refractivity contribution in [1.82, 2.24) is 4.90 Å². The molecule has 5 rings (SSSR count). The van der Waals surface area contributed by atoms with Crippen LogP contribution in [0.25, 0.3) is 0 Å². The van der Waals surface area contributed by atoms with E-state index in [1.165, 1.54) is 23.1 Å². The first-order valence-electron chi connectivity index (χ1n) is 12.1. The standard InChI is InChI=1S/C26H32N2O4S/c1-15-11-12-16-7-5-6-10-18(16)20(15)22(29)21-23(33-17-8-3-2-4-9-17)26(32)19(24(27)30)13-14-28(26)25(21)31/h2-4,8-9,11-12,15-16,18-21,23,32H,5-7,10,13-14H2,1H3,(H2,27,30)/t15-,16+,18-,19?,20?,21?,23?,26?/m0/s1. The minimum atomic E-state index is -1.75. The van der Waals surface area contributed by atoms with Crippen LogP contribution in [0.2, 0.25) is 0 Å². The van der Waals surface area contributed by atoms with Crippen LogP contribution in [0.15, 0.2) is 47.4 Å². The number of nitrogens with zero attached hydrogens (tertiary/aromatic N) is 1. The normalized spacial score (nSPS) is 39.9. The summed E-state index contributed by atoms with van der Waals surface area (Å²) in [5.41, 5.74) is 3.93. The van der Waals surface area contributed by atoms with Crippen LogP contribution < -0.4 is 5.73 Å². The van der Waals surface area contributed by atoms with E-state index < -0.39 is 28.7 Å². The molecule has 0 spiro atoms. The number of carbonyl (C=O) groups is 3. The van der Waals surface area contributed by atoms with Gasteiger partial charge in [0.2, 0.25) is 11.8 Å². The van der Waals surface area contributed by atoms with Gasteiger partial charge in [-0.1, -0.05) is 50.1 Å². The van der Waals surface area contributed by atoms with Gasteiger partial charge in [-0.05, 0) is 49.1 Å². The maximum atomic E-state index is 14.2. The molecule has 2 heterocycles. The first kappa shape index (κ1) is 22.7. The summed E-state index contributed by atoms with van der Waals surface area (Å²) < 4.78 is 0. The monoisotopic (exact) mass is 468 g/mol. The van der Waals surface area contributed by atoms with Crippen molar-refractivity contribution in [2.75, 3.05) is 6.54 Å². The van der Waals surface area contributed by atoms with Crippen molar-refractivity contribution in [3.8, 4) is 0 Å². The average molecular weight is 469 g/mol. The Balaban J connectivity index is 1.54. The molecule has 2 aliphatic carbocycles. The van der Waals surface area contributed by atoms with E-state index in [4.69, 9.17) is 5.73 Å². The van der Waals surface area contributed by atoms with Crippen LogP contribution in [-0.4, -0.2) is 45.1 Å². The van der Waals surface area contributed by atoms with Gasteiger partial charge in [-0.25, -0.2) is 0 Å². The van der Waals surface area contributed by atoms with Crippen molar-refractivity contribution in [3.63, 3.8) is 0 Å². The van der Waals surface area contributed by atoms with E-state index in [9.17, 15) is 19.5 Å². The molecule has 1 aromatic rings. The maximum Gasteiger partial charge on any atom is 0.236 e. The highest BCUT2D eigenvalue weighted by Gasteiger charge is 2.68. The fraction of sp³-hybridized carbons (Fsp3) is 0.577. The fourth-order valence-electron chi connectivity index (χ4n) is 6.82. The minimum Gasteiger partial charge on any atom is -0.369 e. The van der Waals surface area contributed by atoms with E-state index in [1.54, 1.807) is 0 Å². The van der Waals surface area contributed by atoms with Crippen LogP contribution >= 0.6 is 11.8 Å². The molecule has 4 aliphatic rings. The second-order valence-electron chi connectivity index (χ2n) is 10.1. The van der Waals surface area contributed by atoms with Gasteiger partial charge in [0.25, 0.3) is 0 Å². The molecule has 1 saturated carbocycles. The maximum absolute atomic E-state index is 14.2. The summed E-state index contributed by atoms with van der Waals surface area (Å²) in [5.74, 6) is -2.51. The van der Waals surface area contributed by atoms with Gasteiger partial charge in [0, 0.05) is 17.4 Å². The molecule has 7 heteroatoms. The van der Waals surface area contributed by atoms with Crippen LogP contribution in [0.4, 0.5) is 0 Å². The summed E-state index contributed by atoms with van der Waals surface area (Å²) in [6.07, 6.45) is 9.06. The second-order valence-corrected chi connectivity index (χ2v) is 11.3. The van der Waals surface area contributed by atoms with Gasteiger partial charge in [0.05, 0.1) is 11.2 Å². The predicted octanol–water partition coefficient (Wildman–Crippen LogP) is 3.00. The lowest BCUT2D eigenvalue weighted by Crippen LogP contribution is -2.54. The van der Waals surface area contributed by atoms with E-state index in [0.29, 0.717) is 12.3 Å². The molecule has 2 saturated heterocycles. The summed E-state index contributed by atoms with van der Waals surface area (Å²) in [5, 5.41) is 11.1. The van der Waals surface area contributed by atoms with Gasteiger partial charge in [-0.2, -0.15) is 0 Å². The first-order chi connectivity index (χ1) is 15.8. The molecule has 1 aromatic carbocycles. The number of hydrogen-bond donors (Lipinski definition) is 2. The highest BCUT2D eigenvalue weighted by atomic mass is 32.2. The number of Topliss-reactive ketones (excluding diaryl/α,β-unsaturated/α-hetero) is 1. The molecular formula is C26H32N2O4S. The van der Waals surface area contributed by atoms with E-state index in [1.807, 2.05) is 30.3 Å². The number of carbonyl (C=O) groups excluding carboxylic acids is 3. The van der Waals surface area contributed by atoms with E-state index >= 15 is 0 Å². The summed E-state index contributed by atoms with van der Waals surface area (Å²) >= 11 is 1.32. The quantitative estimate of drug-likeness (QED) is 0.511. The molecule has 6 nitrogen and oxygen atoms in total. The van der Waals surface area contributed by atoms with Gasteiger partial charge in [-0.3, -0.25) is 14.4 Å². The Labute approximate surface area is 199 Å². The number of ketones is 1. The number of hydrogen-bond acceptors (Lipinski definition) is 5. The van der Waals surface area contributed by atoms with Crippen LogP contribution in [0.3, 0.4) is 0 Å². The third kappa shape index (κ3) is 3.55. The van der Waals surface area contributed by atoms with Gasteiger partial charge in [0.1, 0.15) is 5.92 Å². The SMILES string of the molecule is C[C@H]1C=C[C@H]2CCCC[C@@H]2C1C(=O)C1C(=O)N2CCC(C(N)=O)C2(O)C1Sc1ccccc1. The molecule has 5 unspecified atom stereocenters. The average Bonchev–Trinajstić information content (AvgIpc) is 3.26. The molecule has 176 valence electrons. The zero-order valence-electron chi connectivity index (χ0n) is 18.9. The third-order valence-corrected chi connectivity index (χ3v) is 9.81. The summed E-state index contributed by atoms with van der Waals surface area (Å²) in [6, 6.07) is 9.48. The Kier molecular flexibility index (Phi) is 5.90. The first-order valence-corrected chi connectivity index (χ1v) is 13.0. The Bertz CT molecular complexity index is 982. The van der Waals surface area contributed by atoms with E-state index in [0.717, 1.165) is 24.2 Å². The van der Waals surface area contributed by atoms with Gasteiger partial charge in [-0.15, -0.1) is 11.8 Å². The van der Waals surface area contributed by atoms with Crippen molar-refractivity contribution in [2.45, 2.75) is 54.9 Å². The molecule has 0 radical (unpaired) electrons.